The van der Waals surface area contributed by atoms with Crippen molar-refractivity contribution in [1.82, 2.24) is 15.6 Å². The van der Waals surface area contributed by atoms with Crippen LogP contribution in [-0.4, -0.2) is 37.8 Å². The van der Waals surface area contributed by atoms with E-state index < -0.39 is 12.8 Å². The minimum absolute atomic E-state index is 0.0312. The first-order chi connectivity index (χ1) is 13.2. The highest BCUT2D eigenvalue weighted by molar-refractivity contribution is 5.76. The van der Waals surface area contributed by atoms with E-state index in [4.69, 9.17) is 0 Å². The molecule has 0 saturated carbocycles. The number of hydrogen-bond donors (Lipinski definition) is 2. The lowest BCUT2D eigenvalue weighted by Crippen LogP contribution is -2.27. The lowest BCUT2D eigenvalue weighted by molar-refractivity contribution is -0.153. The van der Waals surface area contributed by atoms with Gasteiger partial charge in [0, 0.05) is 6.42 Å². The Morgan fingerprint density at radius 2 is 1.79 bits per heavy atom. The summed E-state index contributed by atoms with van der Waals surface area (Å²) in [6.07, 6.45) is -2.19. The maximum Gasteiger partial charge on any atom is 0.422 e. The number of rotatable bonds is 7. The first kappa shape index (κ1) is 23.4. The molecule has 28 heavy (non-hydrogen) atoms. The zero-order valence-corrected chi connectivity index (χ0v) is 16.2. The van der Waals surface area contributed by atoms with Gasteiger partial charge in [-0.05, 0) is 45.1 Å². The number of amides is 1. The molecule has 2 N–H and O–H groups in total. The lowest BCUT2D eigenvalue weighted by Gasteiger charge is -2.14. The van der Waals surface area contributed by atoms with Gasteiger partial charge < -0.3 is 15.4 Å². The molecular formula is C20H26F3N3O2. The summed E-state index contributed by atoms with van der Waals surface area (Å²) < 4.78 is 40.9. The summed E-state index contributed by atoms with van der Waals surface area (Å²) in [6, 6.07) is 12.3. The van der Waals surface area contributed by atoms with Gasteiger partial charge in [-0.3, -0.25) is 9.78 Å². The molecule has 8 heteroatoms. The van der Waals surface area contributed by atoms with Crippen molar-refractivity contribution in [2.45, 2.75) is 32.0 Å². The standard InChI is InChI=1S/C18H19F3N2O2.C2H7N/c1-13(23-17(24)10-7-14-5-3-2-4-6-14)16-9-8-15(11-22-16)25-12-18(19,20)21;1-3-2/h2-6,8-9,11,13H,7,10,12H2,1H3,(H,23,24);3H,1-2H3. The van der Waals surface area contributed by atoms with Crippen molar-refractivity contribution in [3.8, 4) is 5.75 Å². The maximum absolute atomic E-state index is 12.1. The topological polar surface area (TPSA) is 63.2 Å². The highest BCUT2D eigenvalue weighted by atomic mass is 19.4. The molecule has 2 aromatic rings. The van der Waals surface area contributed by atoms with Gasteiger partial charge in [0.15, 0.2) is 6.61 Å². The molecule has 1 atom stereocenters. The number of hydrogen-bond acceptors (Lipinski definition) is 4. The van der Waals surface area contributed by atoms with E-state index >= 15 is 0 Å². The Hall–Kier alpha value is -2.61. The maximum atomic E-state index is 12.1. The minimum Gasteiger partial charge on any atom is -0.483 e. The number of halogens is 3. The second kappa shape index (κ2) is 12.0. The predicted molar refractivity (Wildman–Crippen MR) is 102 cm³/mol. The third kappa shape index (κ3) is 9.91. The molecule has 2 rings (SSSR count). The molecule has 1 unspecified atom stereocenters. The molecular weight excluding hydrogens is 371 g/mol. The van der Waals surface area contributed by atoms with E-state index in [-0.39, 0.29) is 17.7 Å². The number of nitrogens with zero attached hydrogens (tertiary/aromatic N) is 1. The van der Waals surface area contributed by atoms with Crippen LogP contribution in [0.15, 0.2) is 48.7 Å². The summed E-state index contributed by atoms with van der Waals surface area (Å²) in [5.41, 5.74) is 1.63. The number of nitrogens with one attached hydrogen (secondary N) is 2. The predicted octanol–water partition coefficient (Wildman–Crippen LogP) is 3.67. The smallest absolute Gasteiger partial charge is 0.422 e. The molecule has 0 fully saturated rings. The first-order valence-electron chi connectivity index (χ1n) is 8.82. The van der Waals surface area contributed by atoms with Crippen LogP contribution in [-0.2, 0) is 11.2 Å². The number of aryl methyl sites for hydroxylation is 1. The number of carbonyl (C=O) groups is 1. The molecule has 1 heterocycles. The SMILES string of the molecule is CC(NC(=O)CCc1ccccc1)c1ccc(OCC(F)(F)F)cn1.CNC. The number of ether oxygens (including phenoxy) is 1. The molecule has 0 bridgehead atoms. The van der Waals surface area contributed by atoms with Crippen LogP contribution < -0.4 is 15.4 Å². The Labute approximate surface area is 163 Å². The fourth-order valence-electron chi connectivity index (χ4n) is 2.19. The second-order valence-corrected chi connectivity index (χ2v) is 6.10. The second-order valence-electron chi connectivity index (χ2n) is 6.10. The zero-order valence-electron chi connectivity index (χ0n) is 16.2. The summed E-state index contributed by atoms with van der Waals surface area (Å²) in [7, 11) is 3.75. The van der Waals surface area contributed by atoms with Crippen LogP contribution in [0, 0.1) is 0 Å². The third-order valence-corrected chi connectivity index (χ3v) is 3.47. The summed E-state index contributed by atoms with van der Waals surface area (Å²) in [6.45, 7) is 0.402. The van der Waals surface area contributed by atoms with Crippen LogP contribution >= 0.6 is 0 Å². The molecule has 154 valence electrons. The van der Waals surface area contributed by atoms with E-state index in [1.165, 1.54) is 18.3 Å². The van der Waals surface area contributed by atoms with Crippen molar-refractivity contribution in [2.24, 2.45) is 0 Å². The first-order valence-corrected chi connectivity index (χ1v) is 8.82. The van der Waals surface area contributed by atoms with Gasteiger partial charge in [-0.1, -0.05) is 30.3 Å². The normalized spacial score (nSPS) is 11.8. The Bertz CT molecular complexity index is 692. The van der Waals surface area contributed by atoms with Crippen molar-refractivity contribution < 1.29 is 22.7 Å². The summed E-state index contributed by atoms with van der Waals surface area (Å²) in [4.78, 5) is 16.0. The van der Waals surface area contributed by atoms with Gasteiger partial charge in [-0.2, -0.15) is 13.2 Å². The molecule has 0 aliphatic heterocycles. The Morgan fingerprint density at radius 3 is 2.32 bits per heavy atom. The van der Waals surface area contributed by atoms with Crippen LogP contribution in [0.2, 0.25) is 0 Å². The van der Waals surface area contributed by atoms with Crippen LogP contribution in [0.25, 0.3) is 0 Å². The quantitative estimate of drug-likeness (QED) is 0.748. The van der Waals surface area contributed by atoms with Crippen LogP contribution in [0.1, 0.15) is 30.6 Å². The summed E-state index contributed by atoms with van der Waals surface area (Å²) >= 11 is 0. The molecule has 1 aromatic heterocycles. The van der Waals surface area contributed by atoms with Gasteiger partial charge in [0.2, 0.25) is 5.91 Å². The molecule has 1 aromatic carbocycles. The molecule has 1 amide bonds. The molecule has 0 saturated heterocycles. The third-order valence-electron chi connectivity index (χ3n) is 3.47. The number of benzene rings is 1. The van der Waals surface area contributed by atoms with Crippen LogP contribution in [0.5, 0.6) is 5.75 Å². The number of alkyl halides is 3. The van der Waals surface area contributed by atoms with Gasteiger partial charge in [-0.25, -0.2) is 0 Å². The van der Waals surface area contributed by atoms with Gasteiger partial charge >= 0.3 is 6.18 Å². The molecule has 0 spiro atoms. The molecule has 0 radical (unpaired) electrons. The van der Waals surface area contributed by atoms with Crippen LogP contribution in [0.4, 0.5) is 13.2 Å². The van der Waals surface area contributed by atoms with Crippen molar-refractivity contribution in [3.05, 3.63) is 59.9 Å². The van der Waals surface area contributed by atoms with Gasteiger partial charge in [0.05, 0.1) is 17.9 Å². The van der Waals surface area contributed by atoms with Gasteiger partial charge in [-0.15, -0.1) is 0 Å². The molecule has 0 aliphatic rings. The Balaban J connectivity index is 0.00000122. The van der Waals surface area contributed by atoms with Crippen molar-refractivity contribution >= 4 is 5.91 Å². The van der Waals surface area contributed by atoms with Gasteiger partial charge in [0.25, 0.3) is 0 Å². The summed E-state index contributed by atoms with van der Waals surface area (Å²) in [5, 5.41) is 5.57. The highest BCUT2D eigenvalue weighted by Gasteiger charge is 2.28. The van der Waals surface area contributed by atoms with E-state index in [1.807, 2.05) is 44.4 Å². The number of aromatic nitrogens is 1. The van der Waals surface area contributed by atoms with E-state index in [9.17, 15) is 18.0 Å². The Morgan fingerprint density at radius 1 is 1.14 bits per heavy atom. The van der Waals surface area contributed by atoms with Crippen LogP contribution in [0.3, 0.4) is 0 Å². The Kier molecular flexibility index (Phi) is 10.0. The number of pyridine rings is 1. The average Bonchev–Trinajstić information content (AvgIpc) is 2.66. The monoisotopic (exact) mass is 397 g/mol. The lowest BCUT2D eigenvalue weighted by atomic mass is 10.1. The summed E-state index contributed by atoms with van der Waals surface area (Å²) in [5.74, 6) is -0.0840. The van der Waals surface area contributed by atoms with E-state index in [1.54, 1.807) is 6.92 Å². The molecule has 0 aliphatic carbocycles. The minimum atomic E-state index is -4.39. The van der Waals surface area contributed by atoms with E-state index in [2.05, 4.69) is 20.4 Å². The average molecular weight is 397 g/mol. The van der Waals surface area contributed by atoms with E-state index in [0.29, 0.717) is 18.5 Å². The highest BCUT2D eigenvalue weighted by Crippen LogP contribution is 2.19. The number of carbonyl (C=O) groups excluding carboxylic acids is 1. The van der Waals surface area contributed by atoms with E-state index in [0.717, 1.165) is 5.56 Å². The molecule has 5 nitrogen and oxygen atoms in total. The van der Waals surface area contributed by atoms with Crippen molar-refractivity contribution in [1.29, 1.82) is 0 Å². The zero-order chi connectivity index (χ0) is 21.0. The fourth-order valence-corrected chi connectivity index (χ4v) is 2.19. The van der Waals surface area contributed by atoms with Gasteiger partial charge in [0.1, 0.15) is 5.75 Å². The largest absolute Gasteiger partial charge is 0.483 e. The fraction of sp³-hybridized carbons (Fsp3) is 0.400. The van der Waals surface area contributed by atoms with Crippen molar-refractivity contribution in [2.75, 3.05) is 20.7 Å². The van der Waals surface area contributed by atoms with Crippen molar-refractivity contribution in [3.63, 3.8) is 0 Å².